The minimum absolute atomic E-state index is 0.145. The van der Waals surface area contributed by atoms with E-state index in [0.717, 1.165) is 6.07 Å². The monoisotopic (exact) mass is 271 g/mol. The Morgan fingerprint density at radius 1 is 1.26 bits per heavy atom. The molecule has 1 aromatic carbocycles. The lowest BCUT2D eigenvalue weighted by molar-refractivity contribution is -0.137. The molecule has 0 atom stereocenters. The summed E-state index contributed by atoms with van der Waals surface area (Å²) >= 11 is 0. The van der Waals surface area contributed by atoms with Crippen molar-refractivity contribution in [3.8, 4) is 11.8 Å². The van der Waals surface area contributed by atoms with Crippen LogP contribution in [-0.4, -0.2) is 17.0 Å². The van der Waals surface area contributed by atoms with E-state index in [1.165, 1.54) is 0 Å². The molecule has 4 nitrogen and oxygen atoms in total. The molecule has 100 valence electrons. The third-order valence-corrected chi connectivity index (χ3v) is 2.00. The summed E-state index contributed by atoms with van der Waals surface area (Å²) < 4.78 is 37.6. The van der Waals surface area contributed by atoms with Gasteiger partial charge in [0.25, 0.3) is 0 Å². The summed E-state index contributed by atoms with van der Waals surface area (Å²) in [4.78, 5) is 21.2. The van der Waals surface area contributed by atoms with Crippen molar-refractivity contribution in [1.82, 2.24) is 0 Å². The second-order valence-electron chi connectivity index (χ2n) is 3.55. The number of nitrogens with two attached hydrogens (primary N) is 1. The molecule has 19 heavy (non-hydrogen) atoms. The van der Waals surface area contributed by atoms with E-state index in [1.54, 1.807) is 0 Å². The largest absolute Gasteiger partial charge is 0.478 e. The van der Waals surface area contributed by atoms with E-state index < -0.39 is 29.2 Å². The van der Waals surface area contributed by atoms with E-state index in [9.17, 15) is 22.8 Å². The maximum absolute atomic E-state index is 12.5. The fourth-order valence-corrected chi connectivity index (χ4v) is 1.22. The predicted octanol–water partition coefficient (Wildman–Crippen LogP) is 1.63. The highest BCUT2D eigenvalue weighted by Crippen LogP contribution is 2.30. The minimum atomic E-state index is -4.68. The van der Waals surface area contributed by atoms with Crippen LogP contribution in [0, 0.1) is 11.8 Å². The van der Waals surface area contributed by atoms with Crippen LogP contribution in [-0.2, 0) is 11.0 Å². The Bertz CT molecular complexity index is 582. The first-order valence-corrected chi connectivity index (χ1v) is 4.93. The van der Waals surface area contributed by atoms with Crippen molar-refractivity contribution in [3.63, 3.8) is 0 Å². The number of halogens is 3. The Balaban J connectivity index is 3.23. The van der Waals surface area contributed by atoms with Crippen LogP contribution in [0.1, 0.15) is 27.9 Å². The fraction of sp³-hybridized carbons (Fsp3) is 0.167. The van der Waals surface area contributed by atoms with Crippen molar-refractivity contribution in [1.29, 1.82) is 0 Å². The number of rotatable bonds is 2. The van der Waals surface area contributed by atoms with Gasteiger partial charge in [-0.15, -0.1) is 0 Å². The number of carboxylic acid groups (broad SMARTS) is 1. The lowest BCUT2D eigenvalue weighted by Gasteiger charge is -2.08. The molecule has 3 N–H and O–H groups in total. The number of carbonyl (C=O) groups is 2. The fourth-order valence-electron chi connectivity index (χ4n) is 1.22. The van der Waals surface area contributed by atoms with Gasteiger partial charge in [0.15, 0.2) is 0 Å². The van der Waals surface area contributed by atoms with Crippen molar-refractivity contribution in [3.05, 3.63) is 34.9 Å². The van der Waals surface area contributed by atoms with Crippen LogP contribution in [0.15, 0.2) is 18.2 Å². The molecule has 0 saturated heterocycles. The summed E-state index contributed by atoms with van der Waals surface area (Å²) in [6, 6.07) is 2.22. The van der Waals surface area contributed by atoms with Crippen molar-refractivity contribution in [2.45, 2.75) is 12.6 Å². The van der Waals surface area contributed by atoms with Crippen molar-refractivity contribution >= 4 is 11.9 Å². The van der Waals surface area contributed by atoms with E-state index in [0.29, 0.717) is 12.1 Å². The van der Waals surface area contributed by atoms with Crippen LogP contribution >= 0.6 is 0 Å². The maximum atomic E-state index is 12.5. The Morgan fingerprint density at radius 3 is 2.37 bits per heavy atom. The molecular formula is C12H8F3NO3. The number of alkyl halides is 3. The second kappa shape index (κ2) is 5.44. The smallest absolute Gasteiger partial charge is 0.416 e. The minimum Gasteiger partial charge on any atom is -0.478 e. The van der Waals surface area contributed by atoms with Gasteiger partial charge in [0, 0.05) is 5.56 Å². The number of hydrogen-bond donors (Lipinski definition) is 2. The number of amides is 1. The van der Waals surface area contributed by atoms with Gasteiger partial charge in [-0.25, -0.2) is 4.79 Å². The van der Waals surface area contributed by atoms with Gasteiger partial charge in [0.2, 0.25) is 5.91 Å². The summed E-state index contributed by atoms with van der Waals surface area (Å²) in [6.07, 6.45) is -5.00. The Kier molecular flexibility index (Phi) is 4.17. The number of hydrogen-bond acceptors (Lipinski definition) is 2. The van der Waals surface area contributed by atoms with Crippen LogP contribution in [0.25, 0.3) is 0 Å². The van der Waals surface area contributed by atoms with Crippen molar-refractivity contribution < 1.29 is 27.9 Å². The molecule has 0 spiro atoms. The van der Waals surface area contributed by atoms with Gasteiger partial charge in [-0.3, -0.25) is 4.79 Å². The summed E-state index contributed by atoms with van der Waals surface area (Å²) in [5.74, 6) is 2.31. The average Bonchev–Trinajstić information content (AvgIpc) is 2.26. The topological polar surface area (TPSA) is 80.4 Å². The van der Waals surface area contributed by atoms with Gasteiger partial charge >= 0.3 is 12.1 Å². The van der Waals surface area contributed by atoms with E-state index in [1.807, 2.05) is 0 Å². The van der Waals surface area contributed by atoms with Crippen LogP contribution in [0.2, 0.25) is 0 Å². The average molecular weight is 271 g/mol. The van der Waals surface area contributed by atoms with Crippen LogP contribution in [0.3, 0.4) is 0 Å². The zero-order valence-electron chi connectivity index (χ0n) is 9.41. The molecule has 0 aliphatic carbocycles. The van der Waals surface area contributed by atoms with Gasteiger partial charge in [-0.1, -0.05) is 11.8 Å². The van der Waals surface area contributed by atoms with Crippen LogP contribution < -0.4 is 5.73 Å². The Morgan fingerprint density at radius 2 is 1.89 bits per heavy atom. The van der Waals surface area contributed by atoms with Crippen LogP contribution in [0.5, 0.6) is 0 Å². The molecule has 0 aromatic heterocycles. The Labute approximate surface area is 106 Å². The molecule has 7 heteroatoms. The lowest BCUT2D eigenvalue weighted by atomic mass is 10.1. The van der Waals surface area contributed by atoms with Crippen molar-refractivity contribution in [2.24, 2.45) is 5.73 Å². The van der Waals surface area contributed by atoms with Gasteiger partial charge in [0.1, 0.15) is 0 Å². The zero-order chi connectivity index (χ0) is 14.6. The number of aromatic carboxylic acids is 1. The summed E-state index contributed by atoms with van der Waals surface area (Å²) in [5.41, 5.74) is 3.03. The predicted molar refractivity (Wildman–Crippen MR) is 59.1 cm³/mol. The first-order valence-electron chi connectivity index (χ1n) is 4.93. The van der Waals surface area contributed by atoms with Gasteiger partial charge in [0.05, 0.1) is 17.5 Å². The molecule has 0 heterocycles. The lowest BCUT2D eigenvalue weighted by Crippen LogP contribution is -2.09. The summed E-state index contributed by atoms with van der Waals surface area (Å²) in [6.45, 7) is 0. The molecule has 0 aliphatic heterocycles. The molecule has 1 aromatic rings. The van der Waals surface area contributed by atoms with E-state index in [-0.39, 0.29) is 12.0 Å². The highest BCUT2D eigenvalue weighted by atomic mass is 19.4. The highest BCUT2D eigenvalue weighted by Gasteiger charge is 2.31. The number of carboxylic acids is 1. The van der Waals surface area contributed by atoms with Gasteiger partial charge in [-0.2, -0.15) is 13.2 Å². The molecule has 0 fully saturated rings. The molecule has 0 saturated carbocycles. The normalized spacial score (nSPS) is 10.5. The summed E-state index contributed by atoms with van der Waals surface area (Å²) in [7, 11) is 0. The van der Waals surface area contributed by atoms with E-state index in [2.05, 4.69) is 11.8 Å². The first kappa shape index (κ1) is 14.6. The van der Waals surface area contributed by atoms with Crippen molar-refractivity contribution in [2.75, 3.05) is 0 Å². The molecule has 0 bridgehead atoms. The third kappa shape index (κ3) is 4.35. The highest BCUT2D eigenvalue weighted by molar-refractivity contribution is 5.88. The standard InChI is InChI=1S/C12H8F3NO3/c13-12(14,15)9-5-7(2-1-3-10(16)17)4-8(6-9)11(18)19/h4-6H,3H2,(H2,16,17)(H,18,19). The van der Waals surface area contributed by atoms with Crippen LogP contribution in [0.4, 0.5) is 13.2 Å². The maximum Gasteiger partial charge on any atom is 0.416 e. The molecular weight excluding hydrogens is 263 g/mol. The third-order valence-electron chi connectivity index (χ3n) is 2.00. The molecule has 1 amide bonds. The first-order chi connectivity index (χ1) is 8.70. The van der Waals surface area contributed by atoms with Gasteiger partial charge in [-0.05, 0) is 18.2 Å². The molecule has 0 radical (unpaired) electrons. The van der Waals surface area contributed by atoms with E-state index >= 15 is 0 Å². The SMILES string of the molecule is NC(=O)CC#Cc1cc(C(=O)O)cc(C(F)(F)F)c1. The molecule has 1 rings (SSSR count). The molecule has 0 aliphatic rings. The molecule has 0 unspecified atom stereocenters. The van der Waals surface area contributed by atoms with Gasteiger partial charge < -0.3 is 10.8 Å². The number of primary amides is 1. The Hall–Kier alpha value is -2.49. The number of benzene rings is 1. The second-order valence-corrected chi connectivity index (χ2v) is 3.55. The van der Waals surface area contributed by atoms with E-state index in [4.69, 9.17) is 10.8 Å². The number of carbonyl (C=O) groups excluding carboxylic acids is 1. The summed E-state index contributed by atoms with van der Waals surface area (Å²) in [5, 5.41) is 8.72. The zero-order valence-corrected chi connectivity index (χ0v) is 9.41. The quantitative estimate of drug-likeness (QED) is 0.802.